The molecule has 2 fully saturated rings. The van der Waals surface area contributed by atoms with E-state index in [0.29, 0.717) is 5.92 Å². The molecule has 3 aliphatic rings. The predicted molar refractivity (Wildman–Crippen MR) is 104 cm³/mol. The number of rotatable bonds is 3. The summed E-state index contributed by atoms with van der Waals surface area (Å²) >= 11 is 3.18. The van der Waals surface area contributed by atoms with Gasteiger partial charge in [-0.05, 0) is 67.5 Å². The number of carbonyl (C=O) groups excluding carboxylic acids is 2. The number of thiophene rings is 2. The number of aryl methyl sites for hydroxylation is 2. The van der Waals surface area contributed by atoms with Gasteiger partial charge in [-0.3, -0.25) is 9.59 Å². The highest BCUT2D eigenvalue weighted by Gasteiger charge is 2.47. The molecule has 2 amide bonds. The minimum Gasteiger partial charge on any atom is -0.348 e. The van der Waals surface area contributed by atoms with Crippen molar-refractivity contribution < 1.29 is 9.59 Å². The molecule has 1 saturated carbocycles. The lowest BCUT2D eigenvalue weighted by Gasteiger charge is -2.31. The largest absolute Gasteiger partial charge is 0.348 e. The van der Waals surface area contributed by atoms with E-state index in [1.807, 2.05) is 17.5 Å². The maximum absolute atomic E-state index is 13.0. The molecular formula is C20H22N2O2S2. The van der Waals surface area contributed by atoms with Crippen LogP contribution in [0.5, 0.6) is 0 Å². The molecule has 1 aliphatic heterocycles. The molecule has 0 spiro atoms. The fraction of sp³-hybridized carbons (Fsp3) is 0.500. The van der Waals surface area contributed by atoms with E-state index in [9.17, 15) is 9.59 Å². The van der Waals surface area contributed by atoms with Crippen LogP contribution in [-0.2, 0) is 12.8 Å². The first kappa shape index (κ1) is 16.5. The smallest absolute Gasteiger partial charge is 0.264 e. The van der Waals surface area contributed by atoms with Crippen LogP contribution in [0, 0.1) is 5.92 Å². The highest BCUT2D eigenvalue weighted by molar-refractivity contribution is 7.14. The number of nitrogens with one attached hydrogen (secondary N) is 1. The topological polar surface area (TPSA) is 49.4 Å². The molecule has 6 heteroatoms. The molecule has 2 bridgehead atoms. The summed E-state index contributed by atoms with van der Waals surface area (Å²) < 4.78 is 0. The molecule has 1 N–H and O–H groups in total. The average Bonchev–Trinajstić information content (AvgIpc) is 3.43. The van der Waals surface area contributed by atoms with E-state index >= 15 is 0 Å². The van der Waals surface area contributed by atoms with Gasteiger partial charge < -0.3 is 10.2 Å². The summed E-state index contributed by atoms with van der Waals surface area (Å²) in [6.45, 7) is 0.779. The van der Waals surface area contributed by atoms with Crippen molar-refractivity contribution in [1.82, 2.24) is 10.2 Å². The standard InChI is InChI=1S/C20H22N2O2S2/c23-19(17-6-3-7-25-17)21-15-10-14-8-13(15)11-22(14)20(24)18-9-12-4-1-2-5-16(12)26-18/h3,6-7,9,13-15H,1-2,4-5,8,10-11H2,(H,21,23)/t13-,14-,15-/m0/s1. The van der Waals surface area contributed by atoms with Gasteiger partial charge in [0.1, 0.15) is 0 Å². The van der Waals surface area contributed by atoms with Crippen LogP contribution < -0.4 is 5.32 Å². The third-order valence-electron chi connectivity index (χ3n) is 6.07. The molecule has 0 unspecified atom stereocenters. The number of carbonyl (C=O) groups is 2. The van der Waals surface area contributed by atoms with E-state index in [-0.39, 0.29) is 23.9 Å². The van der Waals surface area contributed by atoms with E-state index in [0.717, 1.165) is 42.0 Å². The summed E-state index contributed by atoms with van der Waals surface area (Å²) in [5.41, 5.74) is 1.40. The molecule has 3 atom stereocenters. The Balaban J connectivity index is 1.25. The Kier molecular flexibility index (Phi) is 4.13. The van der Waals surface area contributed by atoms with Crippen molar-refractivity contribution in [3.63, 3.8) is 0 Å². The van der Waals surface area contributed by atoms with Crippen LogP contribution in [0.1, 0.15) is 55.5 Å². The molecule has 26 heavy (non-hydrogen) atoms. The van der Waals surface area contributed by atoms with Gasteiger partial charge in [0, 0.05) is 23.5 Å². The second-order valence-electron chi connectivity index (χ2n) is 7.67. The normalized spacial score (nSPS) is 26.8. The highest BCUT2D eigenvalue weighted by Crippen LogP contribution is 2.40. The number of piperidine rings is 1. The Bertz CT molecular complexity index is 819. The monoisotopic (exact) mass is 386 g/mol. The SMILES string of the molecule is O=C(N[C@H]1C[C@@H]2C[C@H]1CN2C(=O)c1cc2c(s1)CCCC2)c1cccs1. The summed E-state index contributed by atoms with van der Waals surface area (Å²) in [6, 6.07) is 6.39. The van der Waals surface area contributed by atoms with Gasteiger partial charge in [0.15, 0.2) is 0 Å². The maximum atomic E-state index is 13.0. The van der Waals surface area contributed by atoms with Gasteiger partial charge in [-0.15, -0.1) is 22.7 Å². The van der Waals surface area contributed by atoms with Crippen molar-refractivity contribution in [2.75, 3.05) is 6.54 Å². The van der Waals surface area contributed by atoms with Gasteiger partial charge in [0.2, 0.25) is 0 Å². The summed E-state index contributed by atoms with van der Waals surface area (Å²) in [5.74, 6) is 0.628. The molecule has 0 radical (unpaired) electrons. The number of hydrogen-bond acceptors (Lipinski definition) is 4. The molecule has 0 aromatic carbocycles. The first-order valence-corrected chi connectivity index (χ1v) is 11.2. The summed E-state index contributed by atoms with van der Waals surface area (Å²) in [5, 5.41) is 5.12. The third-order valence-corrected chi connectivity index (χ3v) is 8.17. The second-order valence-corrected chi connectivity index (χ2v) is 9.75. The summed E-state index contributed by atoms with van der Waals surface area (Å²) in [4.78, 5) is 30.5. The van der Waals surface area contributed by atoms with Gasteiger partial charge in [-0.1, -0.05) is 6.07 Å². The van der Waals surface area contributed by atoms with Crippen molar-refractivity contribution in [3.8, 4) is 0 Å². The first-order chi connectivity index (χ1) is 12.7. The fourth-order valence-corrected chi connectivity index (χ4v) is 6.60. The Labute approximate surface area is 161 Å². The molecule has 3 heterocycles. The van der Waals surface area contributed by atoms with E-state index in [1.54, 1.807) is 11.3 Å². The van der Waals surface area contributed by atoms with Crippen LogP contribution >= 0.6 is 22.7 Å². The Morgan fingerprint density at radius 2 is 2.04 bits per heavy atom. The minimum atomic E-state index is 0.0290. The quantitative estimate of drug-likeness (QED) is 0.874. The summed E-state index contributed by atoms with van der Waals surface area (Å²) in [7, 11) is 0. The number of amides is 2. The average molecular weight is 387 g/mol. The number of hydrogen-bond donors (Lipinski definition) is 1. The van der Waals surface area contributed by atoms with Crippen molar-refractivity contribution >= 4 is 34.5 Å². The number of likely N-dealkylation sites (tertiary alicyclic amines) is 1. The van der Waals surface area contributed by atoms with Crippen LogP contribution in [0.25, 0.3) is 0 Å². The maximum Gasteiger partial charge on any atom is 0.264 e. The zero-order valence-corrected chi connectivity index (χ0v) is 16.2. The van der Waals surface area contributed by atoms with Gasteiger partial charge >= 0.3 is 0 Å². The van der Waals surface area contributed by atoms with Gasteiger partial charge in [0.25, 0.3) is 11.8 Å². The fourth-order valence-electron chi connectivity index (χ4n) is 4.76. The second kappa shape index (κ2) is 6.50. The molecule has 2 aliphatic carbocycles. The molecule has 1 saturated heterocycles. The molecule has 4 nitrogen and oxygen atoms in total. The summed E-state index contributed by atoms with van der Waals surface area (Å²) in [6.07, 6.45) is 6.67. The molecule has 136 valence electrons. The Morgan fingerprint density at radius 1 is 1.15 bits per heavy atom. The van der Waals surface area contributed by atoms with Crippen LogP contribution in [0.2, 0.25) is 0 Å². The predicted octanol–water partition coefficient (Wildman–Crippen LogP) is 3.72. The Morgan fingerprint density at radius 3 is 2.77 bits per heavy atom. The van der Waals surface area contributed by atoms with Gasteiger partial charge in [-0.2, -0.15) is 0 Å². The highest BCUT2D eigenvalue weighted by atomic mass is 32.1. The van der Waals surface area contributed by atoms with E-state index < -0.39 is 0 Å². The lowest BCUT2D eigenvalue weighted by molar-refractivity contribution is 0.0684. The molecule has 2 aromatic heterocycles. The van der Waals surface area contributed by atoms with Crippen LogP contribution in [0.15, 0.2) is 23.6 Å². The van der Waals surface area contributed by atoms with Crippen molar-refractivity contribution in [2.24, 2.45) is 5.92 Å². The van der Waals surface area contributed by atoms with E-state index in [1.165, 1.54) is 34.6 Å². The zero-order chi connectivity index (χ0) is 17.7. The van der Waals surface area contributed by atoms with Crippen LogP contribution in [0.4, 0.5) is 0 Å². The van der Waals surface area contributed by atoms with Crippen molar-refractivity contribution in [1.29, 1.82) is 0 Å². The molecule has 2 aromatic rings. The van der Waals surface area contributed by atoms with Crippen LogP contribution in [-0.4, -0.2) is 35.3 Å². The lowest BCUT2D eigenvalue weighted by Crippen LogP contribution is -2.47. The lowest BCUT2D eigenvalue weighted by atomic mass is 9.99. The van der Waals surface area contributed by atoms with E-state index in [4.69, 9.17) is 0 Å². The zero-order valence-electron chi connectivity index (χ0n) is 14.6. The van der Waals surface area contributed by atoms with Crippen molar-refractivity contribution in [3.05, 3.63) is 43.8 Å². The first-order valence-electron chi connectivity index (χ1n) is 9.46. The van der Waals surface area contributed by atoms with E-state index in [2.05, 4.69) is 16.3 Å². The number of nitrogens with zero attached hydrogens (tertiary/aromatic N) is 1. The minimum absolute atomic E-state index is 0.0290. The number of fused-ring (bicyclic) bond motifs is 3. The molecule has 5 rings (SSSR count). The van der Waals surface area contributed by atoms with Crippen molar-refractivity contribution in [2.45, 2.75) is 50.6 Å². The van der Waals surface area contributed by atoms with Crippen LogP contribution in [0.3, 0.4) is 0 Å². The third kappa shape index (κ3) is 2.79. The molecular weight excluding hydrogens is 364 g/mol. The van der Waals surface area contributed by atoms with Gasteiger partial charge in [0.05, 0.1) is 9.75 Å². The van der Waals surface area contributed by atoms with Gasteiger partial charge in [-0.25, -0.2) is 0 Å². The Hall–Kier alpha value is -1.66.